The molecule has 1 aromatic carbocycles. The molecule has 0 bridgehead atoms. The van der Waals surface area contributed by atoms with Gasteiger partial charge in [-0.25, -0.2) is 0 Å². The van der Waals surface area contributed by atoms with Gasteiger partial charge in [0.1, 0.15) is 0 Å². The van der Waals surface area contributed by atoms with Crippen LogP contribution in [0.2, 0.25) is 0 Å². The van der Waals surface area contributed by atoms with Gasteiger partial charge in [-0.2, -0.15) is 0 Å². The molecule has 4 heteroatoms. The highest BCUT2D eigenvalue weighted by molar-refractivity contribution is 5.54. The van der Waals surface area contributed by atoms with Gasteiger partial charge in [0.2, 0.25) is 0 Å². The summed E-state index contributed by atoms with van der Waals surface area (Å²) in [6.45, 7) is 4.79. The average molecular weight is 266 g/mol. The van der Waals surface area contributed by atoms with Crippen molar-refractivity contribution in [3.8, 4) is 11.5 Å². The Morgan fingerprint density at radius 2 is 1.74 bits per heavy atom. The second-order valence-electron chi connectivity index (χ2n) is 5.53. The van der Waals surface area contributed by atoms with Crippen LogP contribution in [0.3, 0.4) is 0 Å². The zero-order chi connectivity index (χ0) is 14.7. The molecule has 0 aliphatic rings. The molecule has 1 unspecified atom stereocenters. The van der Waals surface area contributed by atoms with E-state index in [0.29, 0.717) is 6.54 Å². The van der Waals surface area contributed by atoms with Crippen LogP contribution in [-0.4, -0.2) is 48.2 Å². The fraction of sp³-hybridized carbons (Fsp3) is 0.600. The Bertz CT molecular complexity index is 442. The molecule has 4 nitrogen and oxygen atoms in total. The smallest absolute Gasteiger partial charge is 0.162 e. The third kappa shape index (κ3) is 3.39. The number of hydrogen-bond donors (Lipinski definition) is 2. The van der Waals surface area contributed by atoms with Gasteiger partial charge in [0, 0.05) is 18.2 Å². The minimum Gasteiger partial charge on any atom is -0.504 e. The Morgan fingerprint density at radius 3 is 2.16 bits per heavy atom. The lowest BCUT2D eigenvalue weighted by molar-refractivity contribution is 0.308. The van der Waals surface area contributed by atoms with E-state index in [1.807, 2.05) is 33.1 Å². The molecule has 0 saturated carbocycles. The molecule has 0 radical (unpaired) electrons. The number of hydrogen-bond acceptors (Lipinski definition) is 4. The molecule has 19 heavy (non-hydrogen) atoms. The average Bonchev–Trinajstić information content (AvgIpc) is 2.33. The van der Waals surface area contributed by atoms with Gasteiger partial charge < -0.3 is 20.0 Å². The van der Waals surface area contributed by atoms with Crippen LogP contribution in [0.25, 0.3) is 0 Å². The molecular weight excluding hydrogens is 240 g/mol. The van der Waals surface area contributed by atoms with E-state index >= 15 is 0 Å². The van der Waals surface area contributed by atoms with Crippen LogP contribution in [0, 0.1) is 0 Å². The van der Waals surface area contributed by atoms with Gasteiger partial charge >= 0.3 is 0 Å². The monoisotopic (exact) mass is 266 g/mol. The van der Waals surface area contributed by atoms with Gasteiger partial charge in [-0.1, -0.05) is 6.92 Å². The summed E-state index contributed by atoms with van der Waals surface area (Å²) < 4.78 is 0. The predicted octanol–water partition coefficient (Wildman–Crippen LogP) is 2.34. The third-order valence-electron chi connectivity index (χ3n) is 3.56. The molecule has 0 amide bonds. The predicted molar refractivity (Wildman–Crippen MR) is 78.6 cm³/mol. The standard InChI is InChI=1S/C15H26N2O2/c1-7-11-8-13(18)15(19)12(9-16(3)4)14(11)10(2)17(5)6/h8,10,18-19H,7,9H2,1-6H3. The zero-order valence-electron chi connectivity index (χ0n) is 12.9. The Balaban J connectivity index is 3.49. The summed E-state index contributed by atoms with van der Waals surface area (Å²) in [4.78, 5) is 4.12. The minimum atomic E-state index is -0.0246. The fourth-order valence-corrected chi connectivity index (χ4v) is 2.33. The zero-order valence-corrected chi connectivity index (χ0v) is 12.9. The van der Waals surface area contributed by atoms with Crippen LogP contribution in [-0.2, 0) is 13.0 Å². The van der Waals surface area contributed by atoms with Crippen molar-refractivity contribution in [1.29, 1.82) is 0 Å². The maximum Gasteiger partial charge on any atom is 0.162 e. The third-order valence-corrected chi connectivity index (χ3v) is 3.56. The highest BCUT2D eigenvalue weighted by Gasteiger charge is 2.22. The lowest BCUT2D eigenvalue weighted by Crippen LogP contribution is -2.22. The van der Waals surface area contributed by atoms with Gasteiger partial charge in [-0.15, -0.1) is 0 Å². The van der Waals surface area contributed by atoms with Crippen LogP contribution in [0.4, 0.5) is 0 Å². The molecule has 1 rings (SSSR count). The van der Waals surface area contributed by atoms with Gasteiger partial charge in [0.25, 0.3) is 0 Å². The first-order valence-electron chi connectivity index (χ1n) is 6.67. The summed E-state index contributed by atoms with van der Waals surface area (Å²) in [5.74, 6) is -0.0157. The lowest BCUT2D eigenvalue weighted by Gasteiger charge is -2.27. The number of phenolic OH excluding ortho intramolecular Hbond substituents is 2. The van der Waals surface area contributed by atoms with Crippen molar-refractivity contribution < 1.29 is 10.2 Å². The van der Waals surface area contributed by atoms with Crippen LogP contribution < -0.4 is 0 Å². The molecule has 0 spiro atoms. The van der Waals surface area contributed by atoms with Crippen molar-refractivity contribution in [2.24, 2.45) is 0 Å². The summed E-state index contributed by atoms with van der Waals surface area (Å²) in [5, 5.41) is 20.1. The number of aryl methyl sites for hydroxylation is 1. The van der Waals surface area contributed by atoms with E-state index in [0.717, 1.165) is 23.1 Å². The van der Waals surface area contributed by atoms with E-state index in [9.17, 15) is 10.2 Å². The van der Waals surface area contributed by atoms with Crippen molar-refractivity contribution >= 4 is 0 Å². The maximum absolute atomic E-state index is 10.2. The van der Waals surface area contributed by atoms with Crippen LogP contribution in [0.1, 0.15) is 36.6 Å². The molecular formula is C15H26N2O2. The molecule has 1 atom stereocenters. The van der Waals surface area contributed by atoms with E-state index in [-0.39, 0.29) is 17.5 Å². The normalized spacial score (nSPS) is 13.3. The molecule has 0 fully saturated rings. The Hall–Kier alpha value is -1.26. The van der Waals surface area contributed by atoms with E-state index in [1.165, 1.54) is 0 Å². The fourth-order valence-electron chi connectivity index (χ4n) is 2.33. The number of rotatable bonds is 5. The SMILES string of the molecule is CCc1cc(O)c(O)c(CN(C)C)c1C(C)N(C)C. The second kappa shape index (κ2) is 6.26. The van der Waals surface area contributed by atoms with E-state index in [2.05, 4.69) is 18.7 Å². The highest BCUT2D eigenvalue weighted by atomic mass is 16.3. The van der Waals surface area contributed by atoms with Crippen molar-refractivity contribution in [2.45, 2.75) is 32.9 Å². The van der Waals surface area contributed by atoms with Crippen LogP contribution in [0.15, 0.2) is 6.07 Å². The number of aromatic hydroxyl groups is 2. The molecule has 0 heterocycles. The van der Waals surface area contributed by atoms with Crippen molar-refractivity contribution in [2.75, 3.05) is 28.2 Å². The first kappa shape index (κ1) is 15.8. The van der Waals surface area contributed by atoms with E-state index < -0.39 is 0 Å². The topological polar surface area (TPSA) is 46.9 Å². The minimum absolute atomic E-state index is 0.00889. The summed E-state index contributed by atoms with van der Waals surface area (Å²) >= 11 is 0. The molecule has 0 aliphatic heterocycles. The Morgan fingerprint density at radius 1 is 1.16 bits per heavy atom. The van der Waals surface area contributed by atoms with Crippen molar-refractivity contribution in [1.82, 2.24) is 9.80 Å². The quantitative estimate of drug-likeness (QED) is 0.803. The molecule has 0 aromatic heterocycles. The molecule has 2 N–H and O–H groups in total. The van der Waals surface area contributed by atoms with Crippen LogP contribution >= 0.6 is 0 Å². The van der Waals surface area contributed by atoms with Gasteiger partial charge in [0.15, 0.2) is 11.5 Å². The van der Waals surface area contributed by atoms with Crippen LogP contribution in [0.5, 0.6) is 11.5 Å². The van der Waals surface area contributed by atoms with Crippen molar-refractivity contribution in [3.63, 3.8) is 0 Å². The van der Waals surface area contributed by atoms with Crippen molar-refractivity contribution in [3.05, 3.63) is 22.8 Å². The summed E-state index contributed by atoms with van der Waals surface area (Å²) in [6.07, 6.45) is 0.835. The highest BCUT2D eigenvalue weighted by Crippen LogP contribution is 2.39. The number of nitrogens with zero attached hydrogens (tertiary/aromatic N) is 2. The maximum atomic E-state index is 10.2. The van der Waals surface area contributed by atoms with Gasteiger partial charge in [-0.05, 0) is 58.7 Å². The largest absolute Gasteiger partial charge is 0.504 e. The number of phenols is 2. The first-order valence-corrected chi connectivity index (χ1v) is 6.67. The van der Waals surface area contributed by atoms with E-state index in [1.54, 1.807) is 6.07 Å². The van der Waals surface area contributed by atoms with Gasteiger partial charge in [-0.3, -0.25) is 0 Å². The van der Waals surface area contributed by atoms with Gasteiger partial charge in [0.05, 0.1) is 0 Å². The second-order valence-corrected chi connectivity index (χ2v) is 5.53. The summed E-state index contributed by atoms with van der Waals surface area (Å²) in [5.41, 5.74) is 3.04. The number of benzene rings is 1. The summed E-state index contributed by atoms with van der Waals surface area (Å²) in [7, 11) is 7.96. The Labute approximate surface area is 116 Å². The van der Waals surface area contributed by atoms with E-state index in [4.69, 9.17) is 0 Å². The molecule has 0 aliphatic carbocycles. The summed E-state index contributed by atoms with van der Waals surface area (Å²) in [6, 6.07) is 1.88. The molecule has 1 aromatic rings. The molecule has 108 valence electrons. The Kier molecular flexibility index (Phi) is 5.20. The lowest BCUT2D eigenvalue weighted by atomic mass is 9.92. The first-order chi connectivity index (χ1) is 8.79. The molecule has 0 saturated heterocycles.